The van der Waals surface area contributed by atoms with Crippen LogP contribution in [0.4, 0.5) is 7.77 Å². The van der Waals surface area contributed by atoms with E-state index >= 15 is 0 Å². The molecule has 0 saturated carbocycles. The Morgan fingerprint density at radius 2 is 1.60 bits per heavy atom. The van der Waals surface area contributed by atoms with Gasteiger partial charge in [0.25, 0.3) is 0 Å². The van der Waals surface area contributed by atoms with Gasteiger partial charge in [0.1, 0.15) is 6.67 Å². The maximum absolute atomic E-state index is 12.1. The molecule has 0 atom stereocenters. The van der Waals surface area contributed by atoms with Crippen LogP contribution < -0.4 is 0 Å². The highest BCUT2D eigenvalue weighted by Crippen LogP contribution is 2.10. The molecular weight excluding hydrogens is 258 g/mol. The fourth-order valence-corrected chi connectivity index (χ4v) is 1.16. The van der Waals surface area contributed by atoms with Crippen molar-refractivity contribution in [3.63, 3.8) is 0 Å². The molecule has 0 aromatic carbocycles. The van der Waals surface area contributed by atoms with Crippen molar-refractivity contribution < 1.29 is 29.2 Å². The molecule has 0 unspecified atom stereocenters. The van der Waals surface area contributed by atoms with Crippen LogP contribution >= 0.6 is 0 Å². The molecular formula is C4H8F2N2O5S2. The van der Waals surface area contributed by atoms with Gasteiger partial charge in [0.05, 0.1) is 0 Å². The number of nitrogens with zero attached hydrogens (tertiary/aromatic N) is 2. The van der Waals surface area contributed by atoms with Gasteiger partial charge in [-0.2, -0.15) is 16.8 Å². The molecule has 0 aromatic rings. The van der Waals surface area contributed by atoms with E-state index in [9.17, 15) is 16.2 Å². The molecule has 1 rings (SSSR count). The predicted octanol–water partition coefficient (Wildman–Crippen LogP) is -0.364. The van der Waals surface area contributed by atoms with E-state index in [2.05, 4.69) is 0 Å². The highest BCUT2D eigenvalue weighted by Gasteiger charge is 2.21. The van der Waals surface area contributed by atoms with E-state index in [-0.39, 0.29) is 6.67 Å². The quantitative estimate of drug-likeness (QED) is 0.514. The monoisotopic (exact) mass is 266 g/mol. The fourth-order valence-electron chi connectivity index (χ4n) is 0.644. The molecule has 7 nitrogen and oxygen atoms in total. The van der Waals surface area contributed by atoms with Crippen molar-refractivity contribution >= 4 is 20.9 Å². The third kappa shape index (κ3) is 8.08. The molecule has 15 heavy (non-hydrogen) atoms. The van der Waals surface area contributed by atoms with E-state index < -0.39 is 20.9 Å². The number of rotatable bonds is 1. The van der Waals surface area contributed by atoms with Crippen LogP contribution in [0.1, 0.15) is 0 Å². The van der Waals surface area contributed by atoms with Crippen LogP contribution in [0.3, 0.4) is 0 Å². The Hall–Kier alpha value is -0.940. The summed E-state index contributed by atoms with van der Waals surface area (Å²) in [4.78, 5) is 1.55. The van der Waals surface area contributed by atoms with Gasteiger partial charge in [-0.25, -0.2) is 4.31 Å². The standard InChI is InChI=1S/C4H7FN2O2S.FHO3S/c1-6-2-3-7(4-6)10(5,8)9;1-5(2,3)4/h2-3H,4H2,1H3;(H,2,3,4). The average molecular weight is 266 g/mol. The van der Waals surface area contributed by atoms with Crippen molar-refractivity contribution in [1.82, 2.24) is 9.21 Å². The molecule has 1 aliphatic heterocycles. The fraction of sp³-hybridized carbons (Fsp3) is 0.500. The Labute approximate surface area is 86.0 Å². The Morgan fingerprint density at radius 1 is 1.20 bits per heavy atom. The van der Waals surface area contributed by atoms with E-state index in [0.717, 1.165) is 0 Å². The molecule has 0 saturated heterocycles. The highest BCUT2D eigenvalue weighted by molar-refractivity contribution is 7.84. The number of hydrogen-bond donors (Lipinski definition) is 1. The van der Waals surface area contributed by atoms with Gasteiger partial charge in [-0.3, -0.25) is 4.55 Å². The molecule has 0 aromatic heterocycles. The van der Waals surface area contributed by atoms with Crippen molar-refractivity contribution in [1.29, 1.82) is 0 Å². The van der Waals surface area contributed by atoms with Gasteiger partial charge in [-0.15, -0.1) is 0 Å². The summed E-state index contributed by atoms with van der Waals surface area (Å²) in [5, 5.41) is 0. The lowest BCUT2D eigenvalue weighted by Crippen LogP contribution is -2.25. The molecule has 0 radical (unpaired) electrons. The average Bonchev–Trinajstić information content (AvgIpc) is 2.29. The zero-order chi connectivity index (χ0) is 12.3. The molecule has 0 spiro atoms. The minimum absolute atomic E-state index is 0.0544. The lowest BCUT2D eigenvalue weighted by molar-refractivity contribution is 0.371. The van der Waals surface area contributed by atoms with Crippen LogP contribution in [0.25, 0.3) is 0 Å². The van der Waals surface area contributed by atoms with Crippen LogP contribution in [-0.4, -0.2) is 44.3 Å². The van der Waals surface area contributed by atoms with E-state index in [1.54, 1.807) is 11.9 Å². The first-order chi connectivity index (χ1) is 6.50. The second-order valence-electron chi connectivity index (χ2n) is 2.44. The van der Waals surface area contributed by atoms with Crippen LogP contribution in [0.5, 0.6) is 0 Å². The molecule has 1 N–H and O–H groups in total. The molecule has 90 valence electrons. The molecule has 0 aliphatic carbocycles. The van der Waals surface area contributed by atoms with Gasteiger partial charge >= 0.3 is 20.9 Å². The first-order valence-corrected chi connectivity index (χ1v) is 5.95. The van der Waals surface area contributed by atoms with Crippen molar-refractivity contribution in [2.24, 2.45) is 0 Å². The SMILES string of the molecule is CN1C=CN(S(=O)(=O)F)C1.O=S(=O)(O)F. The Bertz CT molecular complexity index is 422. The molecule has 1 heterocycles. The van der Waals surface area contributed by atoms with Gasteiger partial charge in [0.2, 0.25) is 0 Å². The molecule has 0 bridgehead atoms. The summed E-state index contributed by atoms with van der Waals surface area (Å²) in [5.41, 5.74) is 0. The normalized spacial score (nSPS) is 16.3. The van der Waals surface area contributed by atoms with Crippen molar-refractivity contribution in [2.45, 2.75) is 0 Å². The van der Waals surface area contributed by atoms with Crippen molar-refractivity contribution in [3.8, 4) is 0 Å². The van der Waals surface area contributed by atoms with Gasteiger partial charge in [-0.05, 0) is 0 Å². The first-order valence-electron chi connectivity index (χ1n) is 3.27. The van der Waals surface area contributed by atoms with Crippen molar-refractivity contribution in [3.05, 3.63) is 12.4 Å². The minimum Gasteiger partial charge on any atom is -0.361 e. The summed E-state index contributed by atoms with van der Waals surface area (Å²) >= 11 is 0. The highest BCUT2D eigenvalue weighted by atomic mass is 32.3. The molecule has 11 heteroatoms. The van der Waals surface area contributed by atoms with Gasteiger partial charge in [-0.1, -0.05) is 7.77 Å². The second kappa shape index (κ2) is 4.72. The Morgan fingerprint density at radius 3 is 1.73 bits per heavy atom. The zero-order valence-electron chi connectivity index (χ0n) is 7.41. The largest absolute Gasteiger partial charge is 0.435 e. The lowest BCUT2D eigenvalue weighted by atomic mass is 10.9. The van der Waals surface area contributed by atoms with E-state index in [1.807, 2.05) is 0 Å². The summed E-state index contributed by atoms with van der Waals surface area (Å²) in [6.07, 6.45) is 2.66. The number of halogens is 2. The third-order valence-electron chi connectivity index (χ3n) is 1.13. The van der Waals surface area contributed by atoms with Gasteiger partial charge in [0, 0.05) is 19.4 Å². The Kier molecular flexibility index (Phi) is 4.42. The topological polar surface area (TPSA) is 95.0 Å². The summed E-state index contributed by atoms with van der Waals surface area (Å²) in [5.74, 6) is 0. The molecule has 0 fully saturated rings. The van der Waals surface area contributed by atoms with E-state index in [1.165, 1.54) is 12.4 Å². The van der Waals surface area contributed by atoms with Crippen LogP contribution in [0, 0.1) is 0 Å². The lowest BCUT2D eigenvalue weighted by Gasteiger charge is -2.11. The molecule has 1 aliphatic rings. The predicted molar refractivity (Wildman–Crippen MR) is 46.3 cm³/mol. The maximum Gasteiger partial charge on any atom is 0.435 e. The van der Waals surface area contributed by atoms with Crippen LogP contribution in [0.2, 0.25) is 0 Å². The summed E-state index contributed by atoms with van der Waals surface area (Å²) in [6.45, 7) is 0.0544. The number of hydrogen-bond acceptors (Lipinski definition) is 5. The summed E-state index contributed by atoms with van der Waals surface area (Å²) < 4.78 is 67.1. The Balaban J connectivity index is 0.000000336. The van der Waals surface area contributed by atoms with E-state index in [0.29, 0.717) is 4.31 Å². The first kappa shape index (κ1) is 14.1. The smallest absolute Gasteiger partial charge is 0.361 e. The van der Waals surface area contributed by atoms with Crippen LogP contribution in [-0.2, 0) is 20.9 Å². The van der Waals surface area contributed by atoms with Gasteiger partial charge < -0.3 is 4.90 Å². The minimum atomic E-state index is -5.17. The zero-order valence-corrected chi connectivity index (χ0v) is 9.04. The molecule has 0 amide bonds. The van der Waals surface area contributed by atoms with Crippen molar-refractivity contribution in [2.75, 3.05) is 13.7 Å². The maximum atomic E-state index is 12.1. The van der Waals surface area contributed by atoms with Gasteiger partial charge in [0.15, 0.2) is 0 Å². The summed E-state index contributed by atoms with van der Waals surface area (Å²) in [6, 6.07) is 0. The third-order valence-corrected chi connectivity index (χ3v) is 1.93. The van der Waals surface area contributed by atoms with Crippen LogP contribution in [0.15, 0.2) is 12.4 Å². The summed E-state index contributed by atoms with van der Waals surface area (Å²) in [7, 11) is -8.04. The van der Waals surface area contributed by atoms with E-state index in [4.69, 9.17) is 13.0 Å². The second-order valence-corrected chi connectivity index (χ2v) is 4.56.